The molecule has 26 heavy (non-hydrogen) atoms. The highest BCUT2D eigenvalue weighted by Gasteiger charge is 2.45. The molecule has 0 unspecified atom stereocenters. The number of amides is 1. The number of aromatic nitrogens is 1. The van der Waals surface area contributed by atoms with Gasteiger partial charge in [-0.3, -0.25) is 9.78 Å². The minimum atomic E-state index is -0.258. The van der Waals surface area contributed by atoms with Crippen LogP contribution in [-0.4, -0.2) is 47.2 Å². The lowest BCUT2D eigenvalue weighted by Crippen LogP contribution is -2.50. The topological polar surface area (TPSA) is 51.7 Å². The fourth-order valence-electron chi connectivity index (χ4n) is 3.92. The van der Waals surface area contributed by atoms with Gasteiger partial charge in [0.2, 0.25) is 0 Å². The van der Waals surface area contributed by atoms with Gasteiger partial charge in [-0.05, 0) is 42.7 Å². The molecule has 3 heterocycles. The molecule has 0 saturated carbocycles. The minimum Gasteiger partial charge on any atom is -0.371 e. The molecule has 2 aliphatic rings. The Morgan fingerprint density at radius 1 is 1.23 bits per heavy atom. The molecule has 2 aliphatic heterocycles. The van der Waals surface area contributed by atoms with Crippen LogP contribution in [0.5, 0.6) is 0 Å². The van der Waals surface area contributed by atoms with E-state index in [1.807, 2.05) is 47.4 Å². The maximum absolute atomic E-state index is 12.8. The molecule has 2 aromatic rings. The van der Waals surface area contributed by atoms with Gasteiger partial charge < -0.3 is 14.4 Å². The molecule has 2 saturated heterocycles. The van der Waals surface area contributed by atoms with E-state index in [0.717, 1.165) is 36.9 Å². The summed E-state index contributed by atoms with van der Waals surface area (Å²) < 4.78 is 12.2. The van der Waals surface area contributed by atoms with Crippen molar-refractivity contribution in [3.63, 3.8) is 0 Å². The van der Waals surface area contributed by atoms with Crippen molar-refractivity contribution >= 4 is 5.91 Å². The number of carbonyl (C=O) groups excluding carboxylic acids is 1. The number of benzene rings is 1. The van der Waals surface area contributed by atoms with Crippen LogP contribution in [0.2, 0.25) is 0 Å². The van der Waals surface area contributed by atoms with Crippen molar-refractivity contribution in [1.29, 1.82) is 0 Å². The highest BCUT2D eigenvalue weighted by molar-refractivity contribution is 5.94. The lowest BCUT2D eigenvalue weighted by atomic mass is 9.89. The normalized spacial score (nSPS) is 25.5. The van der Waals surface area contributed by atoms with E-state index in [4.69, 9.17) is 9.47 Å². The first-order valence-electron chi connectivity index (χ1n) is 9.23. The van der Waals surface area contributed by atoms with Crippen LogP contribution in [0, 0.1) is 0 Å². The number of hydrogen-bond donors (Lipinski definition) is 0. The molecule has 1 spiro atoms. The smallest absolute Gasteiger partial charge is 0.253 e. The van der Waals surface area contributed by atoms with Crippen molar-refractivity contribution in [2.24, 2.45) is 0 Å². The summed E-state index contributed by atoms with van der Waals surface area (Å²) in [5.41, 5.74) is 1.60. The Kier molecular flexibility index (Phi) is 5.00. The molecule has 0 radical (unpaired) electrons. The second-order valence-corrected chi connectivity index (χ2v) is 7.18. The maximum Gasteiger partial charge on any atom is 0.253 e. The van der Waals surface area contributed by atoms with Crippen LogP contribution in [0.25, 0.3) is 0 Å². The van der Waals surface area contributed by atoms with Gasteiger partial charge in [0.15, 0.2) is 0 Å². The molecule has 136 valence electrons. The highest BCUT2D eigenvalue weighted by atomic mass is 16.6. The number of pyridine rings is 1. The molecule has 0 aliphatic carbocycles. The predicted octanol–water partition coefficient (Wildman–Crippen LogP) is 3.06. The Morgan fingerprint density at radius 3 is 2.85 bits per heavy atom. The third-order valence-electron chi connectivity index (χ3n) is 5.26. The fourth-order valence-corrected chi connectivity index (χ4v) is 3.92. The molecule has 1 aromatic carbocycles. The summed E-state index contributed by atoms with van der Waals surface area (Å²) in [6.07, 6.45) is 6.43. The van der Waals surface area contributed by atoms with Gasteiger partial charge in [0, 0.05) is 30.9 Å². The summed E-state index contributed by atoms with van der Waals surface area (Å²) >= 11 is 0. The largest absolute Gasteiger partial charge is 0.371 e. The van der Waals surface area contributed by atoms with Gasteiger partial charge in [0.1, 0.15) is 0 Å². The number of carbonyl (C=O) groups is 1. The first-order valence-corrected chi connectivity index (χ1v) is 9.23. The Balaban J connectivity index is 1.36. The summed E-state index contributed by atoms with van der Waals surface area (Å²) in [6.45, 7) is 2.61. The molecular formula is C21H24N2O3. The monoisotopic (exact) mass is 352 g/mol. The zero-order chi connectivity index (χ0) is 17.8. The van der Waals surface area contributed by atoms with Gasteiger partial charge in [-0.25, -0.2) is 0 Å². The average molecular weight is 352 g/mol. The predicted molar refractivity (Wildman–Crippen MR) is 97.7 cm³/mol. The van der Waals surface area contributed by atoms with Gasteiger partial charge in [-0.15, -0.1) is 0 Å². The summed E-state index contributed by atoms with van der Waals surface area (Å²) in [5, 5.41) is 0. The molecule has 2 fully saturated rings. The van der Waals surface area contributed by atoms with Gasteiger partial charge in [-0.2, -0.15) is 0 Å². The first kappa shape index (κ1) is 17.2. The SMILES string of the molecule is O=C(c1ccccc1)N1CCC[C@]2(C[C@@H](OCc3ccncc3)CO2)C1. The highest BCUT2D eigenvalue weighted by Crippen LogP contribution is 2.36. The summed E-state index contributed by atoms with van der Waals surface area (Å²) in [6, 6.07) is 13.4. The molecule has 0 N–H and O–H groups in total. The van der Waals surface area contributed by atoms with Crippen LogP contribution in [0.4, 0.5) is 0 Å². The average Bonchev–Trinajstić information content (AvgIpc) is 3.09. The van der Waals surface area contributed by atoms with Crippen LogP contribution in [0.1, 0.15) is 35.2 Å². The molecule has 5 nitrogen and oxygen atoms in total. The Hall–Kier alpha value is -2.24. The van der Waals surface area contributed by atoms with E-state index in [1.165, 1.54) is 0 Å². The number of piperidine rings is 1. The number of ether oxygens (including phenoxy) is 2. The van der Waals surface area contributed by atoms with Crippen molar-refractivity contribution in [3.05, 3.63) is 66.0 Å². The zero-order valence-corrected chi connectivity index (χ0v) is 14.8. The lowest BCUT2D eigenvalue weighted by molar-refractivity contribution is -0.0466. The molecule has 1 aromatic heterocycles. The molecule has 5 heteroatoms. The quantitative estimate of drug-likeness (QED) is 0.849. The zero-order valence-electron chi connectivity index (χ0n) is 14.8. The van der Waals surface area contributed by atoms with Crippen LogP contribution in [0.3, 0.4) is 0 Å². The number of likely N-dealkylation sites (tertiary alicyclic amines) is 1. The Morgan fingerprint density at radius 2 is 2.04 bits per heavy atom. The van der Waals surface area contributed by atoms with E-state index in [9.17, 15) is 4.79 Å². The lowest BCUT2D eigenvalue weighted by Gasteiger charge is -2.39. The van der Waals surface area contributed by atoms with Crippen LogP contribution in [0.15, 0.2) is 54.9 Å². The van der Waals surface area contributed by atoms with Crippen molar-refractivity contribution in [2.45, 2.75) is 37.6 Å². The summed E-state index contributed by atoms with van der Waals surface area (Å²) in [4.78, 5) is 18.7. The van der Waals surface area contributed by atoms with Crippen molar-refractivity contribution in [1.82, 2.24) is 9.88 Å². The van der Waals surface area contributed by atoms with E-state index in [-0.39, 0.29) is 17.6 Å². The van der Waals surface area contributed by atoms with Crippen LogP contribution >= 0.6 is 0 Å². The Bertz CT molecular complexity index is 737. The molecule has 1 amide bonds. The number of rotatable bonds is 4. The van der Waals surface area contributed by atoms with Gasteiger partial charge in [0.25, 0.3) is 5.91 Å². The molecular weight excluding hydrogens is 328 g/mol. The fraction of sp³-hybridized carbons (Fsp3) is 0.429. The molecule has 0 bridgehead atoms. The van der Waals surface area contributed by atoms with E-state index in [1.54, 1.807) is 12.4 Å². The van der Waals surface area contributed by atoms with Gasteiger partial charge >= 0.3 is 0 Å². The summed E-state index contributed by atoms with van der Waals surface area (Å²) in [7, 11) is 0. The second kappa shape index (κ2) is 7.56. The van der Waals surface area contributed by atoms with Crippen LogP contribution in [-0.2, 0) is 16.1 Å². The molecule has 2 atom stereocenters. The number of hydrogen-bond acceptors (Lipinski definition) is 4. The maximum atomic E-state index is 12.8. The summed E-state index contributed by atoms with van der Waals surface area (Å²) in [5.74, 6) is 0.0921. The third kappa shape index (κ3) is 3.79. The van der Waals surface area contributed by atoms with E-state index < -0.39 is 0 Å². The van der Waals surface area contributed by atoms with Gasteiger partial charge in [0.05, 0.1) is 31.5 Å². The first-order chi connectivity index (χ1) is 12.7. The van der Waals surface area contributed by atoms with E-state index >= 15 is 0 Å². The third-order valence-corrected chi connectivity index (χ3v) is 5.26. The standard InChI is InChI=1S/C21H24N2O3/c24-20(18-5-2-1-3-6-18)23-12-4-9-21(16-23)13-19(15-26-21)25-14-17-7-10-22-11-8-17/h1-3,5-8,10-11,19H,4,9,12-16H2/t19-,21+/m1/s1. The van der Waals surface area contributed by atoms with E-state index in [2.05, 4.69) is 4.98 Å². The van der Waals surface area contributed by atoms with Crippen molar-refractivity contribution < 1.29 is 14.3 Å². The molecule has 4 rings (SSSR count). The van der Waals surface area contributed by atoms with Crippen molar-refractivity contribution in [3.8, 4) is 0 Å². The second-order valence-electron chi connectivity index (χ2n) is 7.18. The number of nitrogens with zero attached hydrogens (tertiary/aromatic N) is 2. The Labute approximate surface area is 153 Å². The van der Waals surface area contributed by atoms with Crippen LogP contribution < -0.4 is 0 Å². The minimum absolute atomic E-state index is 0.0787. The van der Waals surface area contributed by atoms with E-state index in [0.29, 0.717) is 19.8 Å². The van der Waals surface area contributed by atoms with Crippen molar-refractivity contribution in [2.75, 3.05) is 19.7 Å². The van der Waals surface area contributed by atoms with Gasteiger partial charge in [-0.1, -0.05) is 18.2 Å².